The molecule has 3 aromatic carbocycles. The van der Waals surface area contributed by atoms with Crippen LogP contribution < -0.4 is 5.32 Å². The minimum Gasteiger partial charge on any atom is -0.354 e. The van der Waals surface area contributed by atoms with E-state index in [9.17, 15) is 9.59 Å². The summed E-state index contributed by atoms with van der Waals surface area (Å²) in [5.74, 6) is -0.0878. The Balaban J connectivity index is 2.00. The van der Waals surface area contributed by atoms with Crippen molar-refractivity contribution in [3.05, 3.63) is 105 Å². The summed E-state index contributed by atoms with van der Waals surface area (Å²) >= 11 is 12.8. The fourth-order valence-corrected chi connectivity index (χ4v) is 4.47. The third-order valence-corrected chi connectivity index (χ3v) is 6.49. The number of benzene rings is 3. The molecule has 0 fully saturated rings. The lowest BCUT2D eigenvalue weighted by atomic mass is 10.0. The number of nitrogens with zero attached hydrogens (tertiary/aromatic N) is 1. The predicted molar refractivity (Wildman–Crippen MR) is 144 cm³/mol. The SMILES string of the molecule is Cc1cccc(CN(C(=O)Cc2c(Cl)cccc2Cl)[C@H](Cc2ccccc2)C(=O)NCC(C)C)c1. The zero-order valence-electron chi connectivity index (χ0n) is 20.4. The zero-order valence-corrected chi connectivity index (χ0v) is 21.9. The highest BCUT2D eigenvalue weighted by Crippen LogP contribution is 2.26. The summed E-state index contributed by atoms with van der Waals surface area (Å²) in [5.41, 5.74) is 3.59. The van der Waals surface area contributed by atoms with E-state index in [0.29, 0.717) is 41.0 Å². The molecule has 1 atom stereocenters. The molecule has 0 aliphatic rings. The molecule has 0 aliphatic heterocycles. The quantitative estimate of drug-likeness (QED) is 0.350. The largest absolute Gasteiger partial charge is 0.354 e. The van der Waals surface area contributed by atoms with E-state index < -0.39 is 6.04 Å². The first-order valence-electron chi connectivity index (χ1n) is 11.8. The van der Waals surface area contributed by atoms with Gasteiger partial charge in [-0.1, -0.05) is 103 Å². The smallest absolute Gasteiger partial charge is 0.243 e. The number of hydrogen-bond donors (Lipinski definition) is 1. The van der Waals surface area contributed by atoms with Crippen molar-refractivity contribution in [2.24, 2.45) is 5.92 Å². The maximum atomic E-state index is 13.8. The van der Waals surface area contributed by atoms with E-state index in [0.717, 1.165) is 16.7 Å². The number of rotatable bonds is 10. The van der Waals surface area contributed by atoms with Gasteiger partial charge in [0.2, 0.25) is 11.8 Å². The summed E-state index contributed by atoms with van der Waals surface area (Å²) in [6, 6.07) is 22.2. The van der Waals surface area contributed by atoms with Gasteiger partial charge in [0, 0.05) is 29.6 Å². The van der Waals surface area contributed by atoms with Crippen molar-refractivity contribution in [3.63, 3.8) is 0 Å². The Labute approximate surface area is 218 Å². The van der Waals surface area contributed by atoms with Gasteiger partial charge in [0.1, 0.15) is 6.04 Å². The minimum atomic E-state index is -0.689. The Morgan fingerprint density at radius 1 is 0.886 bits per heavy atom. The molecule has 0 heterocycles. The minimum absolute atomic E-state index is 0.00702. The lowest BCUT2D eigenvalue weighted by Crippen LogP contribution is -2.51. The van der Waals surface area contributed by atoms with Crippen molar-refractivity contribution in [3.8, 4) is 0 Å². The number of carbonyl (C=O) groups excluding carboxylic acids is 2. The molecule has 2 amide bonds. The van der Waals surface area contributed by atoms with Crippen molar-refractivity contribution in [2.75, 3.05) is 6.54 Å². The van der Waals surface area contributed by atoms with E-state index in [1.807, 2.05) is 75.4 Å². The highest BCUT2D eigenvalue weighted by molar-refractivity contribution is 6.36. The number of nitrogens with one attached hydrogen (secondary N) is 1. The Bertz CT molecular complexity index is 1130. The Morgan fingerprint density at radius 2 is 1.51 bits per heavy atom. The standard InChI is InChI=1S/C29H32Cl2N2O2/c1-20(2)18-32-29(35)27(16-22-10-5-4-6-11-22)33(19-23-12-7-9-21(3)15-23)28(34)17-24-25(30)13-8-14-26(24)31/h4-15,20,27H,16-19H2,1-3H3,(H,32,35)/t27-/m1/s1. The summed E-state index contributed by atoms with van der Waals surface area (Å²) in [4.78, 5) is 29.0. The van der Waals surface area contributed by atoms with Gasteiger partial charge in [0.05, 0.1) is 6.42 Å². The monoisotopic (exact) mass is 510 g/mol. The predicted octanol–water partition coefficient (Wildman–Crippen LogP) is 6.26. The van der Waals surface area contributed by atoms with Crippen LogP contribution in [0.5, 0.6) is 0 Å². The first-order valence-corrected chi connectivity index (χ1v) is 12.6. The van der Waals surface area contributed by atoms with Crippen LogP contribution in [0.1, 0.15) is 36.1 Å². The van der Waals surface area contributed by atoms with Crippen molar-refractivity contribution in [2.45, 2.75) is 46.2 Å². The summed E-state index contributed by atoms with van der Waals surface area (Å²) < 4.78 is 0. The molecule has 0 spiro atoms. The summed E-state index contributed by atoms with van der Waals surface area (Å²) in [6.45, 7) is 6.93. The molecule has 3 aromatic rings. The van der Waals surface area contributed by atoms with Gasteiger partial charge in [-0.15, -0.1) is 0 Å². The number of hydrogen-bond acceptors (Lipinski definition) is 2. The second-order valence-corrected chi connectivity index (χ2v) is 10.0. The van der Waals surface area contributed by atoms with E-state index in [4.69, 9.17) is 23.2 Å². The van der Waals surface area contributed by atoms with E-state index in [1.54, 1.807) is 23.1 Å². The molecule has 0 unspecified atom stereocenters. The van der Waals surface area contributed by atoms with Crippen LogP contribution in [0.15, 0.2) is 72.8 Å². The maximum absolute atomic E-state index is 13.8. The molecule has 0 radical (unpaired) electrons. The molecule has 4 nitrogen and oxygen atoms in total. The van der Waals surface area contributed by atoms with Crippen LogP contribution in [-0.2, 0) is 29.0 Å². The molecule has 1 N–H and O–H groups in total. The van der Waals surface area contributed by atoms with Crippen LogP contribution in [0.2, 0.25) is 10.0 Å². The van der Waals surface area contributed by atoms with Gasteiger partial charge in [-0.2, -0.15) is 0 Å². The number of aryl methyl sites for hydroxylation is 1. The van der Waals surface area contributed by atoms with E-state index in [2.05, 4.69) is 5.32 Å². The first-order chi connectivity index (χ1) is 16.7. The molecule has 0 saturated carbocycles. The topological polar surface area (TPSA) is 49.4 Å². The van der Waals surface area contributed by atoms with Crippen molar-refractivity contribution < 1.29 is 9.59 Å². The van der Waals surface area contributed by atoms with Crippen LogP contribution in [0, 0.1) is 12.8 Å². The molecule has 35 heavy (non-hydrogen) atoms. The number of halogens is 2. The van der Waals surface area contributed by atoms with Crippen molar-refractivity contribution in [1.29, 1.82) is 0 Å². The third kappa shape index (κ3) is 7.84. The van der Waals surface area contributed by atoms with Crippen LogP contribution in [0.3, 0.4) is 0 Å². The van der Waals surface area contributed by atoms with Crippen LogP contribution >= 0.6 is 23.2 Å². The van der Waals surface area contributed by atoms with Gasteiger partial charge < -0.3 is 10.2 Å². The molecule has 6 heteroatoms. The molecule has 3 rings (SSSR count). The molecule has 0 aliphatic carbocycles. The van der Waals surface area contributed by atoms with E-state index >= 15 is 0 Å². The Hall–Kier alpha value is -2.82. The number of amides is 2. The second-order valence-electron chi connectivity index (χ2n) is 9.23. The van der Waals surface area contributed by atoms with Crippen molar-refractivity contribution in [1.82, 2.24) is 10.2 Å². The van der Waals surface area contributed by atoms with E-state index in [1.165, 1.54) is 0 Å². The van der Waals surface area contributed by atoms with Gasteiger partial charge in [-0.3, -0.25) is 9.59 Å². The zero-order chi connectivity index (χ0) is 25.4. The van der Waals surface area contributed by atoms with Gasteiger partial charge >= 0.3 is 0 Å². The highest BCUT2D eigenvalue weighted by Gasteiger charge is 2.31. The van der Waals surface area contributed by atoms with Gasteiger partial charge in [-0.05, 0) is 41.7 Å². The normalized spacial score (nSPS) is 11.8. The maximum Gasteiger partial charge on any atom is 0.243 e. The Kier molecular flexibility index (Phi) is 9.76. The second kappa shape index (κ2) is 12.8. The lowest BCUT2D eigenvalue weighted by molar-refractivity contribution is -0.140. The highest BCUT2D eigenvalue weighted by atomic mass is 35.5. The van der Waals surface area contributed by atoms with Gasteiger partial charge in [0.15, 0.2) is 0 Å². The molecule has 0 saturated heterocycles. The van der Waals surface area contributed by atoms with E-state index in [-0.39, 0.29) is 18.2 Å². The lowest BCUT2D eigenvalue weighted by Gasteiger charge is -2.32. The number of carbonyl (C=O) groups is 2. The Morgan fingerprint density at radius 3 is 2.14 bits per heavy atom. The van der Waals surface area contributed by atoms with Gasteiger partial charge in [-0.25, -0.2) is 0 Å². The fraction of sp³-hybridized carbons (Fsp3) is 0.310. The van der Waals surface area contributed by atoms with Crippen LogP contribution in [0.25, 0.3) is 0 Å². The molecule has 0 aromatic heterocycles. The molecule has 184 valence electrons. The molecule has 0 bridgehead atoms. The fourth-order valence-electron chi connectivity index (χ4n) is 3.94. The first kappa shape index (κ1) is 26.8. The average Bonchev–Trinajstić information content (AvgIpc) is 2.82. The average molecular weight is 511 g/mol. The summed E-state index contributed by atoms with van der Waals surface area (Å²) in [7, 11) is 0. The third-order valence-electron chi connectivity index (χ3n) is 5.78. The van der Waals surface area contributed by atoms with Crippen molar-refractivity contribution >= 4 is 35.0 Å². The van der Waals surface area contributed by atoms with Crippen LogP contribution in [0.4, 0.5) is 0 Å². The van der Waals surface area contributed by atoms with Crippen LogP contribution in [-0.4, -0.2) is 29.3 Å². The molecular formula is C29H32Cl2N2O2. The summed E-state index contributed by atoms with van der Waals surface area (Å²) in [5, 5.41) is 3.91. The molecular weight excluding hydrogens is 479 g/mol. The summed E-state index contributed by atoms with van der Waals surface area (Å²) in [6.07, 6.45) is 0.408. The van der Waals surface area contributed by atoms with Gasteiger partial charge in [0.25, 0.3) is 0 Å².